The van der Waals surface area contributed by atoms with Crippen LogP contribution in [0.25, 0.3) is 11.3 Å². The minimum absolute atomic E-state index is 0.0237. The van der Waals surface area contributed by atoms with Gasteiger partial charge < -0.3 is 0 Å². The molecule has 2 aliphatic carbocycles. The quantitative estimate of drug-likeness (QED) is 0.354. The van der Waals surface area contributed by atoms with Crippen LogP contribution in [0.15, 0.2) is 41.4 Å². The van der Waals surface area contributed by atoms with Gasteiger partial charge in [-0.1, -0.05) is 38.1 Å². The zero-order chi connectivity index (χ0) is 23.7. The Hall–Kier alpha value is -4.31. The summed E-state index contributed by atoms with van der Waals surface area (Å²) in [6.07, 6.45) is 2.06. The first-order valence-corrected chi connectivity index (χ1v) is 10.6. The lowest BCUT2D eigenvalue weighted by atomic mass is 10.0. The molecular formula is C26H20N4O3. The molecule has 1 aromatic heterocycles. The molecule has 7 nitrogen and oxygen atoms in total. The van der Waals surface area contributed by atoms with Gasteiger partial charge in [-0.15, -0.1) is 0 Å². The van der Waals surface area contributed by atoms with Crippen LogP contribution in [0, 0.1) is 11.3 Å². The summed E-state index contributed by atoms with van der Waals surface area (Å²) in [5.74, 6) is -0.625. The maximum Gasteiger partial charge on any atom is 0.229 e. The van der Waals surface area contributed by atoms with Gasteiger partial charge in [-0.25, -0.2) is 15.0 Å². The molecule has 0 radical (unpaired) electrons. The smallest absolute Gasteiger partial charge is 0.229 e. The third-order valence-corrected chi connectivity index (χ3v) is 5.77. The third kappa shape index (κ3) is 3.76. The highest BCUT2D eigenvalue weighted by molar-refractivity contribution is 6.47. The number of aryl methyl sites for hydroxylation is 2. The SMILES string of the molecule is C=Nc1nc2c(nc1C#N)C(=O)c1ccc(CC)cc1-2.CCc1ccc2c(c1)C(=O)C(=O)C2. The number of aromatic nitrogens is 2. The van der Waals surface area contributed by atoms with Gasteiger partial charge in [0.25, 0.3) is 0 Å². The fourth-order valence-electron chi connectivity index (χ4n) is 3.90. The molecule has 33 heavy (non-hydrogen) atoms. The van der Waals surface area contributed by atoms with Crippen molar-refractivity contribution >= 4 is 29.9 Å². The normalized spacial score (nSPS) is 12.9. The van der Waals surface area contributed by atoms with Crippen molar-refractivity contribution in [2.45, 2.75) is 33.1 Å². The van der Waals surface area contributed by atoms with Crippen LogP contribution in [0.4, 0.5) is 5.82 Å². The average molecular weight is 436 g/mol. The van der Waals surface area contributed by atoms with Crippen molar-refractivity contribution in [2.75, 3.05) is 0 Å². The molecule has 2 aromatic carbocycles. The molecule has 3 aromatic rings. The van der Waals surface area contributed by atoms with Gasteiger partial charge in [-0.2, -0.15) is 5.26 Å². The number of fused-ring (bicyclic) bond motifs is 4. The van der Waals surface area contributed by atoms with Crippen molar-refractivity contribution in [1.82, 2.24) is 9.97 Å². The van der Waals surface area contributed by atoms with E-state index in [0.717, 1.165) is 35.1 Å². The maximum absolute atomic E-state index is 12.3. The Balaban J connectivity index is 0.000000172. The van der Waals surface area contributed by atoms with Gasteiger partial charge in [0.1, 0.15) is 17.5 Å². The molecule has 0 bridgehead atoms. The highest BCUT2D eigenvalue weighted by Gasteiger charge is 2.31. The molecule has 0 aliphatic heterocycles. The lowest BCUT2D eigenvalue weighted by Crippen LogP contribution is -2.05. The van der Waals surface area contributed by atoms with E-state index in [1.807, 2.05) is 50.2 Å². The Bertz CT molecular complexity index is 1400. The second-order valence-electron chi connectivity index (χ2n) is 7.70. The first-order chi connectivity index (χ1) is 15.9. The fourth-order valence-corrected chi connectivity index (χ4v) is 3.90. The molecule has 0 fully saturated rings. The van der Waals surface area contributed by atoms with E-state index in [9.17, 15) is 14.4 Å². The predicted molar refractivity (Wildman–Crippen MR) is 123 cm³/mol. The van der Waals surface area contributed by atoms with Crippen molar-refractivity contribution in [2.24, 2.45) is 4.99 Å². The average Bonchev–Trinajstić information content (AvgIpc) is 3.29. The molecule has 1 heterocycles. The van der Waals surface area contributed by atoms with E-state index < -0.39 is 0 Å². The molecule has 0 atom stereocenters. The Morgan fingerprint density at radius 3 is 2.21 bits per heavy atom. The summed E-state index contributed by atoms with van der Waals surface area (Å²) in [6.45, 7) is 7.46. The Labute approximate surface area is 190 Å². The largest absolute Gasteiger partial charge is 0.290 e. The third-order valence-electron chi connectivity index (χ3n) is 5.77. The minimum Gasteiger partial charge on any atom is -0.290 e. The number of Topliss-reactive ketones (excluding diaryl/α,β-unsaturated/α-hetero) is 2. The van der Waals surface area contributed by atoms with Crippen LogP contribution in [-0.2, 0) is 24.1 Å². The second kappa shape index (κ2) is 8.67. The van der Waals surface area contributed by atoms with Gasteiger partial charge in [-0.05, 0) is 48.4 Å². The van der Waals surface area contributed by atoms with E-state index in [4.69, 9.17) is 5.26 Å². The molecular weight excluding hydrogens is 416 g/mol. The van der Waals surface area contributed by atoms with Crippen molar-refractivity contribution in [3.8, 4) is 17.3 Å². The lowest BCUT2D eigenvalue weighted by molar-refractivity contribution is -0.114. The van der Waals surface area contributed by atoms with Gasteiger partial charge in [0.05, 0.1) is 0 Å². The molecule has 7 heteroatoms. The molecule has 0 unspecified atom stereocenters. The first-order valence-electron chi connectivity index (χ1n) is 10.6. The van der Waals surface area contributed by atoms with Gasteiger partial charge in [0.15, 0.2) is 11.5 Å². The van der Waals surface area contributed by atoms with Crippen LogP contribution >= 0.6 is 0 Å². The zero-order valence-electron chi connectivity index (χ0n) is 18.3. The van der Waals surface area contributed by atoms with Gasteiger partial charge in [0.2, 0.25) is 17.3 Å². The number of rotatable bonds is 3. The standard InChI is InChI=1S/C15H10N4O.C11H10O2/c1-3-8-4-5-9-10(6-8)12-13(14(9)20)18-11(7-16)15(17-2)19-12;1-2-7-3-4-8-6-10(12)11(13)9(8)5-7/h4-6H,2-3H2,1H3;3-5H,2,6H2,1H3. The van der Waals surface area contributed by atoms with Crippen molar-refractivity contribution in [3.05, 3.63) is 75.6 Å². The summed E-state index contributed by atoms with van der Waals surface area (Å²) >= 11 is 0. The summed E-state index contributed by atoms with van der Waals surface area (Å²) < 4.78 is 0. The second-order valence-corrected chi connectivity index (χ2v) is 7.70. The van der Waals surface area contributed by atoms with Crippen LogP contribution in [0.2, 0.25) is 0 Å². The molecule has 0 amide bonds. The van der Waals surface area contributed by atoms with Crippen LogP contribution in [-0.4, -0.2) is 34.0 Å². The van der Waals surface area contributed by atoms with Crippen LogP contribution < -0.4 is 0 Å². The number of ketones is 3. The van der Waals surface area contributed by atoms with Gasteiger partial charge >= 0.3 is 0 Å². The Kier molecular flexibility index (Phi) is 5.76. The van der Waals surface area contributed by atoms with E-state index in [1.165, 1.54) is 0 Å². The maximum atomic E-state index is 12.3. The number of aliphatic imine (C=N–C) groups is 1. The number of carbonyl (C=O) groups excluding carboxylic acids is 3. The first kappa shape index (κ1) is 21.9. The van der Waals surface area contributed by atoms with Crippen molar-refractivity contribution < 1.29 is 14.4 Å². The van der Waals surface area contributed by atoms with E-state index in [-0.39, 0.29) is 41.0 Å². The minimum atomic E-state index is -0.315. The molecule has 2 aliphatic rings. The molecule has 0 spiro atoms. The topological polar surface area (TPSA) is 113 Å². The number of nitriles is 1. The van der Waals surface area contributed by atoms with Crippen LogP contribution in [0.5, 0.6) is 0 Å². The van der Waals surface area contributed by atoms with E-state index in [1.54, 1.807) is 6.07 Å². The molecule has 5 rings (SSSR count). The van der Waals surface area contributed by atoms with E-state index in [0.29, 0.717) is 16.8 Å². The monoisotopic (exact) mass is 436 g/mol. The lowest BCUT2D eigenvalue weighted by Gasteiger charge is -2.03. The highest BCUT2D eigenvalue weighted by atomic mass is 16.2. The fraction of sp³-hybridized carbons (Fsp3) is 0.192. The molecule has 162 valence electrons. The number of hydrogen-bond donors (Lipinski definition) is 0. The zero-order valence-corrected chi connectivity index (χ0v) is 18.3. The van der Waals surface area contributed by atoms with Crippen LogP contribution in [0.1, 0.15) is 62.6 Å². The number of hydrogen-bond acceptors (Lipinski definition) is 7. The van der Waals surface area contributed by atoms with E-state index in [2.05, 4.69) is 21.7 Å². The summed E-state index contributed by atoms with van der Waals surface area (Å²) in [7, 11) is 0. The molecule has 0 saturated carbocycles. The number of benzene rings is 2. The summed E-state index contributed by atoms with van der Waals surface area (Å²) in [4.78, 5) is 46.8. The molecule has 0 N–H and O–H groups in total. The van der Waals surface area contributed by atoms with Gasteiger partial charge in [-0.3, -0.25) is 14.4 Å². The Morgan fingerprint density at radius 2 is 1.58 bits per heavy atom. The number of carbonyl (C=O) groups is 3. The van der Waals surface area contributed by atoms with Crippen molar-refractivity contribution in [3.63, 3.8) is 0 Å². The Morgan fingerprint density at radius 1 is 0.909 bits per heavy atom. The van der Waals surface area contributed by atoms with E-state index >= 15 is 0 Å². The molecule has 0 saturated heterocycles. The van der Waals surface area contributed by atoms with Gasteiger partial charge in [0, 0.05) is 23.1 Å². The number of nitrogens with zero attached hydrogens (tertiary/aromatic N) is 4. The highest BCUT2D eigenvalue weighted by Crippen LogP contribution is 2.36. The predicted octanol–water partition coefficient (Wildman–Crippen LogP) is 4.01. The van der Waals surface area contributed by atoms with Crippen LogP contribution in [0.3, 0.4) is 0 Å². The van der Waals surface area contributed by atoms with Crippen molar-refractivity contribution in [1.29, 1.82) is 5.26 Å². The summed E-state index contributed by atoms with van der Waals surface area (Å²) in [5, 5.41) is 9.01. The summed E-state index contributed by atoms with van der Waals surface area (Å²) in [6, 6.07) is 13.2. The summed E-state index contributed by atoms with van der Waals surface area (Å²) in [5.41, 5.74) is 5.78.